The van der Waals surface area contributed by atoms with Gasteiger partial charge in [0.2, 0.25) is 5.95 Å². The number of halogens is 1. The molecule has 4 rings (SSSR count). The molecule has 0 aliphatic carbocycles. The highest BCUT2D eigenvalue weighted by Gasteiger charge is 2.28. The van der Waals surface area contributed by atoms with E-state index in [1.165, 1.54) is 12.0 Å². The van der Waals surface area contributed by atoms with Gasteiger partial charge in [-0.3, -0.25) is 0 Å². The van der Waals surface area contributed by atoms with Crippen molar-refractivity contribution >= 4 is 33.0 Å². The van der Waals surface area contributed by atoms with Crippen LogP contribution in [0.2, 0.25) is 0 Å². The van der Waals surface area contributed by atoms with E-state index in [-0.39, 0.29) is 0 Å². The highest BCUT2D eigenvalue weighted by atomic mass is 79.9. The van der Waals surface area contributed by atoms with E-state index in [4.69, 9.17) is 4.98 Å². The molecule has 130 valence electrons. The minimum Gasteiger partial charge on any atom is -0.341 e. The van der Waals surface area contributed by atoms with Crippen molar-refractivity contribution in [2.75, 3.05) is 32.1 Å². The average molecular weight is 400 g/mol. The number of pyridine rings is 1. The second kappa shape index (κ2) is 6.77. The molecule has 1 aliphatic rings. The Morgan fingerprint density at radius 1 is 1.24 bits per heavy atom. The van der Waals surface area contributed by atoms with E-state index >= 15 is 0 Å². The van der Waals surface area contributed by atoms with Crippen molar-refractivity contribution in [1.29, 1.82) is 0 Å². The van der Waals surface area contributed by atoms with Gasteiger partial charge in [-0.2, -0.15) is 4.98 Å². The summed E-state index contributed by atoms with van der Waals surface area (Å²) in [6, 6.07) is 13.2. The number of rotatable bonds is 4. The zero-order valence-electron chi connectivity index (χ0n) is 14.6. The fourth-order valence-electron chi connectivity index (χ4n) is 3.48. The van der Waals surface area contributed by atoms with Crippen molar-refractivity contribution in [2.24, 2.45) is 0 Å². The second-order valence-electron chi connectivity index (χ2n) is 6.83. The Morgan fingerprint density at radius 2 is 2.04 bits per heavy atom. The van der Waals surface area contributed by atoms with Gasteiger partial charge < -0.3 is 14.4 Å². The average Bonchev–Trinajstić information content (AvgIpc) is 3.21. The molecule has 0 spiro atoms. The Bertz CT molecular complexity index is 874. The molecule has 0 amide bonds. The quantitative estimate of drug-likeness (QED) is 0.673. The van der Waals surface area contributed by atoms with Gasteiger partial charge in [0.15, 0.2) is 5.65 Å². The number of aromatic nitrogens is 3. The van der Waals surface area contributed by atoms with Gasteiger partial charge in [-0.25, -0.2) is 4.98 Å². The number of likely N-dealkylation sites (N-methyl/N-ethyl adjacent to an activating group) is 1. The normalized spacial score (nSPS) is 17.8. The zero-order chi connectivity index (χ0) is 17.4. The highest BCUT2D eigenvalue weighted by Crippen LogP contribution is 2.28. The van der Waals surface area contributed by atoms with Crippen LogP contribution in [0, 0.1) is 0 Å². The molecule has 5 nitrogen and oxygen atoms in total. The SMILES string of the molecule is CN(C)C1CCN(c2nc3ncc(Br)cc3n2Cc2ccccc2)C1. The summed E-state index contributed by atoms with van der Waals surface area (Å²) in [4.78, 5) is 14.1. The first-order chi connectivity index (χ1) is 12.1. The molecule has 1 aromatic carbocycles. The van der Waals surface area contributed by atoms with E-state index in [0.29, 0.717) is 6.04 Å². The number of imidazole rings is 1. The molecule has 0 bridgehead atoms. The van der Waals surface area contributed by atoms with E-state index in [1.807, 2.05) is 6.20 Å². The first-order valence-corrected chi connectivity index (χ1v) is 9.38. The van der Waals surface area contributed by atoms with Crippen molar-refractivity contribution in [3.8, 4) is 0 Å². The number of benzene rings is 1. The van der Waals surface area contributed by atoms with Gasteiger partial charge in [0.25, 0.3) is 0 Å². The smallest absolute Gasteiger partial charge is 0.208 e. The fourth-order valence-corrected chi connectivity index (χ4v) is 3.80. The van der Waals surface area contributed by atoms with Crippen LogP contribution in [0.3, 0.4) is 0 Å². The summed E-state index contributed by atoms with van der Waals surface area (Å²) in [5.74, 6) is 1.02. The summed E-state index contributed by atoms with van der Waals surface area (Å²) < 4.78 is 3.27. The van der Waals surface area contributed by atoms with E-state index in [1.54, 1.807) is 0 Å². The Balaban J connectivity index is 1.76. The molecular formula is C19H22BrN5. The van der Waals surface area contributed by atoms with Gasteiger partial charge in [-0.15, -0.1) is 0 Å². The summed E-state index contributed by atoms with van der Waals surface area (Å²) in [5.41, 5.74) is 3.15. The molecule has 2 aromatic heterocycles. The van der Waals surface area contributed by atoms with Crippen molar-refractivity contribution in [3.05, 3.63) is 52.6 Å². The Morgan fingerprint density at radius 3 is 2.76 bits per heavy atom. The van der Waals surface area contributed by atoms with Crippen LogP contribution in [0.25, 0.3) is 11.2 Å². The summed E-state index contributed by atoms with van der Waals surface area (Å²) in [6.07, 6.45) is 2.98. The van der Waals surface area contributed by atoms with Crippen LogP contribution in [0.5, 0.6) is 0 Å². The predicted octanol–water partition coefficient (Wildman–Crippen LogP) is 3.38. The lowest BCUT2D eigenvalue weighted by atomic mass is 10.2. The lowest BCUT2D eigenvalue weighted by molar-refractivity contribution is 0.315. The van der Waals surface area contributed by atoms with Gasteiger partial charge in [0, 0.05) is 29.8 Å². The van der Waals surface area contributed by atoms with E-state index < -0.39 is 0 Å². The monoisotopic (exact) mass is 399 g/mol. The summed E-state index contributed by atoms with van der Waals surface area (Å²) in [5, 5.41) is 0. The van der Waals surface area contributed by atoms with Gasteiger partial charge in [0.1, 0.15) is 0 Å². The van der Waals surface area contributed by atoms with Crippen LogP contribution in [-0.4, -0.2) is 52.7 Å². The third-order valence-corrected chi connectivity index (χ3v) is 5.35. The largest absolute Gasteiger partial charge is 0.341 e. The van der Waals surface area contributed by atoms with E-state index in [2.05, 4.69) is 85.8 Å². The lowest BCUT2D eigenvalue weighted by Crippen LogP contribution is -2.32. The topological polar surface area (TPSA) is 37.2 Å². The molecular weight excluding hydrogens is 378 g/mol. The molecule has 1 fully saturated rings. The maximum atomic E-state index is 4.86. The highest BCUT2D eigenvalue weighted by molar-refractivity contribution is 9.10. The van der Waals surface area contributed by atoms with Crippen molar-refractivity contribution in [2.45, 2.75) is 19.0 Å². The molecule has 1 unspecified atom stereocenters. The van der Waals surface area contributed by atoms with Gasteiger partial charge in [-0.1, -0.05) is 30.3 Å². The van der Waals surface area contributed by atoms with Crippen LogP contribution >= 0.6 is 15.9 Å². The van der Waals surface area contributed by atoms with E-state index in [0.717, 1.165) is 41.2 Å². The maximum Gasteiger partial charge on any atom is 0.208 e. The van der Waals surface area contributed by atoms with Crippen LogP contribution in [0.4, 0.5) is 5.95 Å². The van der Waals surface area contributed by atoms with Crippen molar-refractivity contribution in [3.63, 3.8) is 0 Å². The number of anilines is 1. The molecule has 0 radical (unpaired) electrons. The summed E-state index contributed by atoms with van der Waals surface area (Å²) >= 11 is 3.55. The summed E-state index contributed by atoms with van der Waals surface area (Å²) in [7, 11) is 4.31. The summed E-state index contributed by atoms with van der Waals surface area (Å²) in [6.45, 7) is 2.84. The third kappa shape index (κ3) is 3.28. The van der Waals surface area contributed by atoms with Gasteiger partial charge in [0.05, 0.1) is 12.1 Å². The molecule has 3 heterocycles. The zero-order valence-corrected chi connectivity index (χ0v) is 16.1. The number of fused-ring (bicyclic) bond motifs is 1. The number of nitrogens with zero attached hydrogens (tertiary/aromatic N) is 5. The first kappa shape index (κ1) is 16.5. The van der Waals surface area contributed by atoms with Crippen molar-refractivity contribution < 1.29 is 0 Å². The standard InChI is InChI=1S/C19H22BrN5/c1-23(2)16-8-9-24(13-16)19-22-18-17(10-15(20)11-21-18)25(19)12-14-6-4-3-5-7-14/h3-7,10-11,16H,8-9,12-13H2,1-2H3. The molecule has 0 N–H and O–H groups in total. The van der Waals surface area contributed by atoms with Crippen LogP contribution < -0.4 is 4.90 Å². The van der Waals surface area contributed by atoms with Gasteiger partial charge >= 0.3 is 0 Å². The van der Waals surface area contributed by atoms with Gasteiger partial charge in [-0.05, 0) is 48.1 Å². The molecule has 0 saturated carbocycles. The minimum absolute atomic E-state index is 0.574. The maximum absolute atomic E-state index is 4.86. The van der Waals surface area contributed by atoms with Crippen LogP contribution in [0.15, 0.2) is 47.1 Å². The van der Waals surface area contributed by atoms with Crippen LogP contribution in [-0.2, 0) is 6.54 Å². The second-order valence-corrected chi connectivity index (χ2v) is 7.75. The molecule has 3 aromatic rings. The van der Waals surface area contributed by atoms with Crippen molar-refractivity contribution in [1.82, 2.24) is 19.4 Å². The first-order valence-electron chi connectivity index (χ1n) is 8.59. The molecule has 1 saturated heterocycles. The van der Waals surface area contributed by atoms with E-state index in [9.17, 15) is 0 Å². The third-order valence-electron chi connectivity index (χ3n) is 4.91. The van der Waals surface area contributed by atoms with Crippen LogP contribution in [0.1, 0.15) is 12.0 Å². The molecule has 25 heavy (non-hydrogen) atoms. The molecule has 1 aliphatic heterocycles. The Kier molecular flexibility index (Phi) is 4.48. The predicted molar refractivity (Wildman–Crippen MR) is 105 cm³/mol. The Hall–Kier alpha value is -1.92. The number of hydrogen-bond donors (Lipinski definition) is 0. The molecule has 6 heteroatoms. The fraction of sp³-hybridized carbons (Fsp3) is 0.368. The lowest BCUT2D eigenvalue weighted by Gasteiger charge is -2.22. The molecule has 1 atom stereocenters. The minimum atomic E-state index is 0.574. The Labute approximate surface area is 156 Å². The number of hydrogen-bond acceptors (Lipinski definition) is 4.